The molecule has 0 spiro atoms. The Morgan fingerprint density at radius 3 is 2.93 bits per heavy atom. The van der Waals surface area contributed by atoms with Gasteiger partial charge in [0, 0.05) is 16.4 Å². The van der Waals surface area contributed by atoms with E-state index < -0.39 is 0 Å². The van der Waals surface area contributed by atoms with Crippen molar-refractivity contribution in [1.29, 1.82) is 0 Å². The fourth-order valence-electron chi connectivity index (χ4n) is 2.85. The summed E-state index contributed by atoms with van der Waals surface area (Å²) in [4.78, 5) is 21.2. The standard InChI is InChI=1S/C18H16ClN7O/c1-11-6-12(2)26-16(22-11)15(8-21-26)17(27)23-18-20-10-25(24-18)9-13-4-3-5-14(19)7-13/h3-8,10H,9H2,1-2H3,(H,23,24,27). The highest BCUT2D eigenvalue weighted by atomic mass is 35.5. The van der Waals surface area contributed by atoms with E-state index in [0.29, 0.717) is 22.8 Å². The maximum absolute atomic E-state index is 12.6. The minimum atomic E-state index is -0.358. The summed E-state index contributed by atoms with van der Waals surface area (Å²) in [5.74, 6) is -0.145. The number of carbonyl (C=O) groups excluding carboxylic acids is 1. The molecule has 3 heterocycles. The number of halogens is 1. The van der Waals surface area contributed by atoms with Gasteiger partial charge in [0.15, 0.2) is 5.65 Å². The van der Waals surface area contributed by atoms with Gasteiger partial charge in [0.1, 0.15) is 11.9 Å². The van der Waals surface area contributed by atoms with Crippen LogP contribution in [0.15, 0.2) is 42.9 Å². The third-order valence-corrected chi connectivity index (χ3v) is 4.25. The summed E-state index contributed by atoms with van der Waals surface area (Å²) in [5.41, 5.74) is 3.58. The Hall–Kier alpha value is -3.26. The molecule has 0 atom stereocenters. The number of amides is 1. The lowest BCUT2D eigenvalue weighted by Crippen LogP contribution is -2.14. The minimum absolute atomic E-state index is 0.214. The van der Waals surface area contributed by atoms with Crippen molar-refractivity contribution in [2.75, 3.05) is 5.32 Å². The summed E-state index contributed by atoms with van der Waals surface area (Å²) in [6.45, 7) is 4.29. The van der Waals surface area contributed by atoms with Gasteiger partial charge in [-0.3, -0.25) is 10.1 Å². The zero-order chi connectivity index (χ0) is 19.0. The van der Waals surface area contributed by atoms with E-state index in [1.165, 1.54) is 6.20 Å². The summed E-state index contributed by atoms with van der Waals surface area (Å²) >= 11 is 6.00. The number of carbonyl (C=O) groups is 1. The van der Waals surface area contributed by atoms with Gasteiger partial charge in [0.2, 0.25) is 5.95 Å². The van der Waals surface area contributed by atoms with Crippen LogP contribution in [0.1, 0.15) is 27.3 Å². The van der Waals surface area contributed by atoms with Gasteiger partial charge in [0.05, 0.1) is 12.7 Å². The van der Waals surface area contributed by atoms with Crippen molar-refractivity contribution in [3.8, 4) is 0 Å². The van der Waals surface area contributed by atoms with Gasteiger partial charge < -0.3 is 0 Å². The van der Waals surface area contributed by atoms with Gasteiger partial charge in [-0.25, -0.2) is 19.2 Å². The zero-order valence-electron chi connectivity index (χ0n) is 14.7. The molecule has 0 unspecified atom stereocenters. The SMILES string of the molecule is Cc1cc(C)n2ncc(C(=O)Nc3ncn(Cc4cccc(Cl)c4)n3)c2n1. The lowest BCUT2D eigenvalue weighted by Gasteiger charge is -2.03. The molecule has 4 rings (SSSR count). The second-order valence-corrected chi connectivity index (χ2v) is 6.62. The number of nitrogens with zero attached hydrogens (tertiary/aromatic N) is 6. The van der Waals surface area contributed by atoms with Gasteiger partial charge in [-0.1, -0.05) is 23.7 Å². The van der Waals surface area contributed by atoms with Crippen molar-refractivity contribution >= 4 is 29.1 Å². The largest absolute Gasteiger partial charge is 0.289 e. The molecular weight excluding hydrogens is 366 g/mol. The third-order valence-electron chi connectivity index (χ3n) is 4.02. The van der Waals surface area contributed by atoms with Crippen molar-refractivity contribution in [1.82, 2.24) is 29.4 Å². The molecule has 0 saturated heterocycles. The van der Waals surface area contributed by atoms with Crippen LogP contribution in [0.25, 0.3) is 5.65 Å². The Bertz CT molecular complexity index is 1150. The van der Waals surface area contributed by atoms with Crippen LogP contribution in [0.5, 0.6) is 0 Å². The monoisotopic (exact) mass is 381 g/mol. The van der Waals surface area contributed by atoms with Crippen LogP contribution in [-0.4, -0.2) is 35.3 Å². The minimum Gasteiger partial charge on any atom is -0.289 e. The molecule has 136 valence electrons. The van der Waals surface area contributed by atoms with Crippen LogP contribution in [0.4, 0.5) is 5.95 Å². The van der Waals surface area contributed by atoms with Crippen LogP contribution in [-0.2, 0) is 6.54 Å². The molecule has 1 N–H and O–H groups in total. The lowest BCUT2D eigenvalue weighted by atomic mass is 10.2. The number of hydrogen-bond acceptors (Lipinski definition) is 5. The number of hydrogen-bond donors (Lipinski definition) is 1. The Balaban J connectivity index is 1.53. The molecule has 3 aromatic heterocycles. The van der Waals surface area contributed by atoms with Crippen LogP contribution >= 0.6 is 11.6 Å². The van der Waals surface area contributed by atoms with Gasteiger partial charge in [-0.05, 0) is 37.6 Å². The number of rotatable bonds is 4. The van der Waals surface area contributed by atoms with Gasteiger partial charge in [-0.15, -0.1) is 5.10 Å². The fourth-order valence-corrected chi connectivity index (χ4v) is 3.06. The first kappa shape index (κ1) is 17.2. The molecule has 1 amide bonds. The van der Waals surface area contributed by atoms with Crippen molar-refractivity contribution in [3.05, 3.63) is 70.4 Å². The molecule has 0 aliphatic rings. The van der Waals surface area contributed by atoms with Crippen LogP contribution < -0.4 is 5.32 Å². The molecule has 0 aliphatic carbocycles. The summed E-state index contributed by atoms with van der Waals surface area (Å²) in [6.07, 6.45) is 3.05. The normalized spacial score (nSPS) is 11.1. The van der Waals surface area contributed by atoms with Crippen molar-refractivity contribution in [2.24, 2.45) is 0 Å². The second-order valence-electron chi connectivity index (χ2n) is 6.18. The summed E-state index contributed by atoms with van der Waals surface area (Å²) < 4.78 is 3.26. The highest BCUT2D eigenvalue weighted by Gasteiger charge is 2.17. The molecule has 4 aromatic rings. The molecule has 0 saturated carbocycles. The average molecular weight is 382 g/mol. The van der Waals surface area contributed by atoms with Crippen LogP contribution in [0.3, 0.4) is 0 Å². The number of fused-ring (bicyclic) bond motifs is 1. The summed E-state index contributed by atoms with van der Waals surface area (Å²) in [7, 11) is 0. The van der Waals surface area contributed by atoms with Crippen molar-refractivity contribution < 1.29 is 4.79 Å². The van der Waals surface area contributed by atoms with E-state index in [2.05, 4.69) is 25.5 Å². The topological polar surface area (TPSA) is 90.0 Å². The maximum atomic E-state index is 12.6. The summed E-state index contributed by atoms with van der Waals surface area (Å²) in [5, 5.41) is 11.9. The number of nitrogens with one attached hydrogen (secondary N) is 1. The predicted octanol–water partition coefficient (Wildman–Crippen LogP) is 2.89. The molecular formula is C18H16ClN7O. The number of aryl methyl sites for hydroxylation is 2. The number of anilines is 1. The third kappa shape index (κ3) is 3.52. The first-order valence-corrected chi connectivity index (χ1v) is 8.64. The molecule has 1 aromatic carbocycles. The van der Waals surface area contributed by atoms with Gasteiger partial charge in [-0.2, -0.15) is 5.10 Å². The molecule has 8 nitrogen and oxygen atoms in total. The van der Waals surface area contributed by atoms with E-state index >= 15 is 0 Å². The molecule has 0 radical (unpaired) electrons. The van der Waals surface area contributed by atoms with E-state index in [-0.39, 0.29) is 11.9 Å². The lowest BCUT2D eigenvalue weighted by molar-refractivity contribution is 0.102. The smallest absolute Gasteiger partial charge is 0.263 e. The van der Waals surface area contributed by atoms with E-state index in [1.54, 1.807) is 15.5 Å². The van der Waals surface area contributed by atoms with Gasteiger partial charge >= 0.3 is 0 Å². The Kier molecular flexibility index (Phi) is 4.33. The molecule has 27 heavy (non-hydrogen) atoms. The maximum Gasteiger partial charge on any atom is 0.263 e. The Labute approximate surface area is 159 Å². The van der Waals surface area contributed by atoms with E-state index in [9.17, 15) is 4.79 Å². The highest BCUT2D eigenvalue weighted by molar-refractivity contribution is 6.30. The summed E-state index contributed by atoms with van der Waals surface area (Å²) in [6, 6.07) is 9.39. The van der Waals surface area contributed by atoms with Crippen LogP contribution in [0.2, 0.25) is 5.02 Å². The molecule has 0 bridgehead atoms. The fraction of sp³-hybridized carbons (Fsp3) is 0.167. The van der Waals surface area contributed by atoms with E-state index in [0.717, 1.165) is 17.0 Å². The molecule has 9 heteroatoms. The first-order chi connectivity index (χ1) is 13.0. The number of benzene rings is 1. The van der Waals surface area contributed by atoms with Crippen molar-refractivity contribution in [2.45, 2.75) is 20.4 Å². The average Bonchev–Trinajstić information content (AvgIpc) is 3.22. The van der Waals surface area contributed by atoms with E-state index in [1.807, 2.05) is 44.2 Å². The van der Waals surface area contributed by atoms with Crippen LogP contribution in [0, 0.1) is 13.8 Å². The van der Waals surface area contributed by atoms with Gasteiger partial charge in [0.25, 0.3) is 5.91 Å². The number of aromatic nitrogens is 6. The Morgan fingerprint density at radius 1 is 1.26 bits per heavy atom. The predicted molar refractivity (Wildman–Crippen MR) is 101 cm³/mol. The molecule has 0 fully saturated rings. The first-order valence-electron chi connectivity index (χ1n) is 8.27. The second kappa shape index (κ2) is 6.81. The quantitative estimate of drug-likeness (QED) is 0.587. The molecule has 0 aliphatic heterocycles. The van der Waals surface area contributed by atoms with E-state index in [4.69, 9.17) is 11.6 Å². The zero-order valence-corrected chi connectivity index (χ0v) is 15.5. The highest BCUT2D eigenvalue weighted by Crippen LogP contribution is 2.14. The Morgan fingerprint density at radius 2 is 2.11 bits per heavy atom. The van der Waals surface area contributed by atoms with Crippen molar-refractivity contribution in [3.63, 3.8) is 0 Å².